The van der Waals surface area contributed by atoms with E-state index in [4.69, 9.17) is 10.3 Å². The maximum absolute atomic E-state index is 12.8. The molecule has 0 amide bonds. The highest BCUT2D eigenvalue weighted by atomic mass is 32.2. The Bertz CT molecular complexity index is 724. The van der Waals surface area contributed by atoms with Gasteiger partial charge in [0.05, 0.1) is 17.6 Å². The van der Waals surface area contributed by atoms with Gasteiger partial charge in [-0.05, 0) is 24.3 Å². The normalized spacial score (nSPS) is 10.9. The summed E-state index contributed by atoms with van der Waals surface area (Å²) >= 11 is 1.51. The molecule has 2 N–H and O–H groups in total. The molecule has 0 saturated heterocycles. The van der Waals surface area contributed by atoms with Crippen LogP contribution in [0.25, 0.3) is 0 Å². The zero-order valence-electron chi connectivity index (χ0n) is 10.9. The number of hydrogen-bond donors (Lipinski definition) is 1. The predicted octanol–water partition coefficient (Wildman–Crippen LogP) is 2.33. The van der Waals surface area contributed by atoms with Gasteiger partial charge in [-0.25, -0.2) is 4.39 Å². The fourth-order valence-corrected chi connectivity index (χ4v) is 2.44. The van der Waals surface area contributed by atoms with E-state index >= 15 is 0 Å². The molecule has 6 nitrogen and oxygen atoms in total. The van der Waals surface area contributed by atoms with Crippen molar-refractivity contribution >= 4 is 17.4 Å². The van der Waals surface area contributed by atoms with Crippen molar-refractivity contribution in [3.8, 4) is 0 Å². The average Bonchev–Trinajstić information content (AvgIpc) is 3.08. The topological polar surface area (TPSA) is 82.8 Å². The Kier molecular flexibility index (Phi) is 3.87. The van der Waals surface area contributed by atoms with E-state index in [0.29, 0.717) is 29.7 Å². The Balaban J connectivity index is 1.58. The van der Waals surface area contributed by atoms with E-state index in [2.05, 4.69) is 15.2 Å². The van der Waals surface area contributed by atoms with Crippen LogP contribution in [0.2, 0.25) is 0 Å². The first-order valence-corrected chi connectivity index (χ1v) is 7.15. The van der Waals surface area contributed by atoms with Gasteiger partial charge >= 0.3 is 0 Å². The molecule has 0 saturated carbocycles. The highest BCUT2D eigenvalue weighted by Gasteiger charge is 2.08. The van der Waals surface area contributed by atoms with Crippen LogP contribution in [0.5, 0.6) is 0 Å². The van der Waals surface area contributed by atoms with Gasteiger partial charge in [-0.1, -0.05) is 5.16 Å². The first-order chi connectivity index (χ1) is 10.2. The van der Waals surface area contributed by atoms with Gasteiger partial charge in [-0.2, -0.15) is 10.1 Å². The first kappa shape index (κ1) is 13.6. The van der Waals surface area contributed by atoms with Crippen molar-refractivity contribution in [2.75, 3.05) is 5.73 Å². The monoisotopic (exact) mass is 305 g/mol. The lowest BCUT2D eigenvalue weighted by Gasteiger charge is -1.97. The second kappa shape index (κ2) is 5.96. The van der Waals surface area contributed by atoms with Crippen molar-refractivity contribution in [2.24, 2.45) is 0 Å². The van der Waals surface area contributed by atoms with Gasteiger partial charge in [0, 0.05) is 11.1 Å². The Morgan fingerprint density at radius 2 is 2.10 bits per heavy atom. The summed E-state index contributed by atoms with van der Waals surface area (Å²) in [6.07, 6.45) is 3.25. The van der Waals surface area contributed by atoms with E-state index in [1.807, 2.05) is 0 Å². The lowest BCUT2D eigenvalue weighted by Crippen LogP contribution is -2.00. The second-order valence-electron chi connectivity index (χ2n) is 4.32. The largest absolute Gasteiger partial charge is 0.396 e. The molecule has 8 heteroatoms. The minimum atomic E-state index is -0.250. The molecule has 3 aromatic rings. The van der Waals surface area contributed by atoms with E-state index in [9.17, 15) is 4.39 Å². The molecule has 2 aromatic heterocycles. The Hall–Kier alpha value is -2.35. The third kappa shape index (κ3) is 3.60. The van der Waals surface area contributed by atoms with Crippen molar-refractivity contribution in [3.05, 3.63) is 54.2 Å². The molecule has 0 fully saturated rings. The zero-order valence-corrected chi connectivity index (χ0v) is 11.8. The lowest BCUT2D eigenvalue weighted by molar-refractivity contribution is 0.362. The summed E-state index contributed by atoms with van der Waals surface area (Å²) in [5.41, 5.74) is 6.16. The molecule has 2 heterocycles. The number of halogens is 1. The maximum Gasteiger partial charge on any atom is 0.248 e. The number of anilines is 1. The number of rotatable bonds is 5. The first-order valence-electron chi connectivity index (χ1n) is 6.17. The molecule has 0 bridgehead atoms. The standard InChI is InChI=1S/C13H12FN5OS/c14-9-1-3-11(4-2-9)21-8-12-17-13(20-18-12)7-19-6-10(15)5-16-19/h1-6H,7-8,15H2. The molecule has 3 rings (SSSR count). The molecule has 0 aliphatic heterocycles. The summed E-state index contributed by atoms with van der Waals surface area (Å²) in [5.74, 6) is 1.35. The Morgan fingerprint density at radius 1 is 1.29 bits per heavy atom. The van der Waals surface area contributed by atoms with Crippen LogP contribution in [0.1, 0.15) is 11.7 Å². The lowest BCUT2D eigenvalue weighted by atomic mass is 10.4. The van der Waals surface area contributed by atoms with E-state index in [0.717, 1.165) is 4.90 Å². The number of nitrogens with two attached hydrogens (primary N) is 1. The van der Waals surface area contributed by atoms with Crippen LogP contribution >= 0.6 is 11.8 Å². The SMILES string of the molecule is Nc1cnn(Cc2nc(CSc3ccc(F)cc3)no2)c1. The highest BCUT2D eigenvalue weighted by molar-refractivity contribution is 7.98. The van der Waals surface area contributed by atoms with Gasteiger partial charge in [0.15, 0.2) is 5.82 Å². The molecule has 0 aliphatic carbocycles. The van der Waals surface area contributed by atoms with Gasteiger partial charge in [-0.3, -0.25) is 4.68 Å². The quantitative estimate of drug-likeness (QED) is 0.728. The summed E-state index contributed by atoms with van der Waals surface area (Å²) in [7, 11) is 0. The van der Waals surface area contributed by atoms with Gasteiger partial charge in [0.25, 0.3) is 0 Å². The summed E-state index contributed by atoms with van der Waals surface area (Å²) < 4.78 is 19.6. The minimum Gasteiger partial charge on any atom is -0.396 e. The van der Waals surface area contributed by atoms with Crippen molar-refractivity contribution in [3.63, 3.8) is 0 Å². The van der Waals surface area contributed by atoms with Crippen LogP contribution in [0.4, 0.5) is 10.1 Å². The molecular weight excluding hydrogens is 293 g/mol. The molecule has 0 unspecified atom stereocenters. The smallest absolute Gasteiger partial charge is 0.248 e. The van der Waals surface area contributed by atoms with E-state index < -0.39 is 0 Å². The summed E-state index contributed by atoms with van der Waals surface area (Å²) in [5, 5.41) is 7.94. The molecule has 1 aromatic carbocycles. The summed E-state index contributed by atoms with van der Waals surface area (Å²) in [4.78, 5) is 5.22. The molecule has 0 radical (unpaired) electrons. The zero-order chi connectivity index (χ0) is 14.7. The molecule has 0 atom stereocenters. The molecule has 0 aliphatic rings. The van der Waals surface area contributed by atoms with E-state index in [-0.39, 0.29) is 5.82 Å². The third-order valence-electron chi connectivity index (χ3n) is 2.64. The highest BCUT2D eigenvalue weighted by Crippen LogP contribution is 2.21. The van der Waals surface area contributed by atoms with Crippen molar-refractivity contribution < 1.29 is 8.91 Å². The van der Waals surface area contributed by atoms with Crippen LogP contribution < -0.4 is 5.73 Å². The van der Waals surface area contributed by atoms with Gasteiger partial charge < -0.3 is 10.3 Å². The van der Waals surface area contributed by atoms with Crippen LogP contribution in [-0.4, -0.2) is 19.9 Å². The van der Waals surface area contributed by atoms with E-state index in [1.165, 1.54) is 23.9 Å². The van der Waals surface area contributed by atoms with Gasteiger partial charge in [0.1, 0.15) is 12.4 Å². The fraction of sp³-hybridized carbons (Fsp3) is 0.154. The number of benzene rings is 1. The molecule has 21 heavy (non-hydrogen) atoms. The Labute approximate surface area is 124 Å². The number of hydrogen-bond acceptors (Lipinski definition) is 6. The maximum atomic E-state index is 12.8. The molecule has 0 spiro atoms. The second-order valence-corrected chi connectivity index (χ2v) is 5.37. The average molecular weight is 305 g/mol. The van der Waals surface area contributed by atoms with Gasteiger partial charge in [-0.15, -0.1) is 11.8 Å². The molecule has 108 valence electrons. The third-order valence-corrected chi connectivity index (χ3v) is 3.65. The van der Waals surface area contributed by atoms with Crippen molar-refractivity contribution in [1.29, 1.82) is 0 Å². The van der Waals surface area contributed by atoms with Crippen LogP contribution in [0, 0.1) is 5.82 Å². The number of aromatic nitrogens is 4. The Morgan fingerprint density at radius 3 is 2.81 bits per heavy atom. The summed E-state index contributed by atoms with van der Waals surface area (Å²) in [6, 6.07) is 6.28. The predicted molar refractivity (Wildman–Crippen MR) is 76.0 cm³/mol. The number of nitrogen functional groups attached to an aromatic ring is 1. The van der Waals surface area contributed by atoms with E-state index in [1.54, 1.807) is 29.2 Å². The number of nitrogens with zero attached hydrogens (tertiary/aromatic N) is 4. The molecular formula is C13H12FN5OS. The van der Waals surface area contributed by atoms with Crippen LogP contribution in [-0.2, 0) is 12.3 Å². The summed E-state index contributed by atoms with van der Waals surface area (Å²) in [6.45, 7) is 0.380. The number of thioether (sulfide) groups is 1. The fourth-order valence-electron chi connectivity index (χ4n) is 1.70. The van der Waals surface area contributed by atoms with Crippen LogP contribution in [0.15, 0.2) is 46.1 Å². The van der Waals surface area contributed by atoms with Crippen molar-refractivity contribution in [1.82, 2.24) is 19.9 Å². The van der Waals surface area contributed by atoms with Crippen molar-refractivity contribution in [2.45, 2.75) is 17.2 Å². The van der Waals surface area contributed by atoms with Crippen LogP contribution in [0.3, 0.4) is 0 Å². The van der Waals surface area contributed by atoms with Gasteiger partial charge in [0.2, 0.25) is 5.89 Å². The minimum absolute atomic E-state index is 0.250.